The van der Waals surface area contributed by atoms with Crippen LogP contribution in [0.5, 0.6) is 0 Å². The number of nitroso groups, excluding NO2 is 1. The Labute approximate surface area is 104 Å². The normalized spacial score (nSPS) is 20.9. The molecule has 0 unspecified atom stereocenters. The van der Waals surface area contributed by atoms with Crippen molar-refractivity contribution in [2.45, 2.75) is 6.54 Å². The van der Waals surface area contributed by atoms with Crippen LogP contribution in [0.25, 0.3) is 0 Å². The van der Waals surface area contributed by atoms with Crippen molar-refractivity contribution in [3.63, 3.8) is 0 Å². The predicted molar refractivity (Wildman–Crippen MR) is 75.6 cm³/mol. The first kappa shape index (κ1) is 12.4. The van der Waals surface area contributed by atoms with E-state index < -0.39 is 10.2 Å². The van der Waals surface area contributed by atoms with Gasteiger partial charge in [0.15, 0.2) is 0 Å². The van der Waals surface area contributed by atoms with Gasteiger partial charge in [0, 0.05) is 36.8 Å². The Morgan fingerprint density at radius 1 is 1.29 bits per heavy atom. The van der Waals surface area contributed by atoms with Crippen molar-refractivity contribution in [3.05, 3.63) is 34.7 Å². The smallest absolute Gasteiger partial charge is 0.0366 e. The molecule has 1 heterocycles. The quantitative estimate of drug-likeness (QED) is 0.839. The van der Waals surface area contributed by atoms with Gasteiger partial charge < -0.3 is 10.6 Å². The number of nitrogens with two attached hydrogens (primary N) is 1. The molecule has 0 saturated carbocycles. The third-order valence-corrected chi connectivity index (χ3v) is 5.80. The van der Waals surface area contributed by atoms with Crippen molar-refractivity contribution < 1.29 is 0 Å². The van der Waals surface area contributed by atoms with E-state index in [0.717, 1.165) is 30.2 Å². The number of nitrogens with zero attached hydrogens (tertiary/aromatic N) is 2. The fraction of sp³-hybridized carbons (Fsp3) is 0.500. The molecule has 1 aliphatic heterocycles. The van der Waals surface area contributed by atoms with Crippen LogP contribution in [0.2, 0.25) is 0 Å². The zero-order chi connectivity index (χ0) is 12.3. The average molecular weight is 253 g/mol. The largest absolute Gasteiger partial charge is 0.370 e. The van der Waals surface area contributed by atoms with Gasteiger partial charge in [-0.05, 0) is 28.5 Å². The molecule has 4 nitrogen and oxygen atoms in total. The SMILES string of the molecule is CS1(N=O)CCN(c2ccc(CN)cc2)CC1. The second-order valence-electron chi connectivity index (χ2n) is 4.56. The maximum absolute atomic E-state index is 10.8. The van der Waals surface area contributed by atoms with Crippen molar-refractivity contribution >= 4 is 15.9 Å². The molecule has 0 spiro atoms. The van der Waals surface area contributed by atoms with Gasteiger partial charge in [0.2, 0.25) is 0 Å². The molecular formula is C12H19N3OS. The van der Waals surface area contributed by atoms with Crippen LogP contribution in [0.1, 0.15) is 5.56 Å². The Kier molecular flexibility index (Phi) is 3.69. The molecule has 0 bridgehead atoms. The monoisotopic (exact) mass is 253 g/mol. The predicted octanol–water partition coefficient (Wildman–Crippen LogP) is 2.08. The molecule has 2 rings (SSSR count). The number of benzene rings is 1. The van der Waals surface area contributed by atoms with Gasteiger partial charge in [0.25, 0.3) is 0 Å². The molecule has 17 heavy (non-hydrogen) atoms. The first-order valence-corrected chi connectivity index (χ1v) is 8.13. The van der Waals surface area contributed by atoms with Gasteiger partial charge >= 0.3 is 0 Å². The Bertz CT molecular complexity index is 385. The third-order valence-electron chi connectivity index (χ3n) is 3.32. The summed E-state index contributed by atoms with van der Waals surface area (Å²) >= 11 is 0. The van der Waals surface area contributed by atoms with Crippen molar-refractivity contribution in [2.75, 3.05) is 35.8 Å². The second-order valence-corrected chi connectivity index (χ2v) is 7.97. The first-order valence-electron chi connectivity index (χ1n) is 5.79. The third kappa shape index (κ3) is 2.79. The molecule has 1 aliphatic rings. The van der Waals surface area contributed by atoms with Crippen molar-refractivity contribution in [3.8, 4) is 0 Å². The van der Waals surface area contributed by atoms with E-state index in [4.69, 9.17) is 5.73 Å². The van der Waals surface area contributed by atoms with Crippen LogP contribution in [-0.4, -0.2) is 30.9 Å². The lowest BCUT2D eigenvalue weighted by Gasteiger charge is -2.39. The molecule has 0 radical (unpaired) electrons. The van der Waals surface area contributed by atoms with E-state index in [2.05, 4.69) is 33.7 Å². The summed E-state index contributed by atoms with van der Waals surface area (Å²) in [6.45, 7) is 2.44. The number of anilines is 1. The van der Waals surface area contributed by atoms with Gasteiger partial charge in [-0.1, -0.05) is 12.1 Å². The average Bonchev–Trinajstić information content (AvgIpc) is 2.40. The number of rotatable bonds is 3. The van der Waals surface area contributed by atoms with Crippen LogP contribution in [-0.2, 0) is 6.54 Å². The van der Waals surface area contributed by atoms with E-state index in [1.54, 1.807) is 0 Å². The minimum absolute atomic E-state index is 0.581. The summed E-state index contributed by atoms with van der Waals surface area (Å²) < 4.78 is 3.33. The summed E-state index contributed by atoms with van der Waals surface area (Å²) in [5, 5.41) is 0. The summed E-state index contributed by atoms with van der Waals surface area (Å²) in [6, 6.07) is 8.34. The van der Waals surface area contributed by atoms with Gasteiger partial charge in [-0.2, -0.15) is 0 Å². The number of hydrogen-bond acceptors (Lipinski definition) is 4. The maximum atomic E-state index is 10.8. The Hall–Kier alpha value is -1.07. The second kappa shape index (κ2) is 5.06. The van der Waals surface area contributed by atoms with Crippen LogP contribution in [0.4, 0.5) is 5.69 Å². The lowest BCUT2D eigenvalue weighted by Crippen LogP contribution is -2.37. The summed E-state index contributed by atoms with van der Waals surface area (Å²) in [5.41, 5.74) is 7.94. The van der Waals surface area contributed by atoms with E-state index in [1.165, 1.54) is 5.69 Å². The molecular weight excluding hydrogens is 234 g/mol. The lowest BCUT2D eigenvalue weighted by atomic mass is 10.2. The highest BCUT2D eigenvalue weighted by Crippen LogP contribution is 2.47. The Morgan fingerprint density at radius 2 is 1.88 bits per heavy atom. The molecule has 1 aromatic rings. The van der Waals surface area contributed by atoms with Crippen molar-refractivity contribution in [2.24, 2.45) is 10.3 Å². The Morgan fingerprint density at radius 3 is 2.35 bits per heavy atom. The fourth-order valence-corrected chi connectivity index (χ4v) is 3.58. The Balaban J connectivity index is 2.02. The highest BCUT2D eigenvalue weighted by atomic mass is 32.3. The summed E-state index contributed by atoms with van der Waals surface area (Å²) in [6.07, 6.45) is 2.02. The number of hydrogen-bond donors (Lipinski definition) is 1. The van der Waals surface area contributed by atoms with Crippen LogP contribution in [0.3, 0.4) is 0 Å². The fourth-order valence-electron chi connectivity index (χ4n) is 2.00. The minimum atomic E-state index is -1.22. The first-order chi connectivity index (χ1) is 8.17. The van der Waals surface area contributed by atoms with Gasteiger partial charge in [-0.15, -0.1) is 15.1 Å². The molecule has 1 saturated heterocycles. The van der Waals surface area contributed by atoms with Crippen LogP contribution >= 0.6 is 10.2 Å². The lowest BCUT2D eigenvalue weighted by molar-refractivity contribution is 0.846. The van der Waals surface area contributed by atoms with E-state index in [1.807, 2.05) is 6.26 Å². The van der Waals surface area contributed by atoms with Gasteiger partial charge in [-0.3, -0.25) is 0 Å². The molecule has 5 heteroatoms. The van der Waals surface area contributed by atoms with Crippen molar-refractivity contribution in [1.82, 2.24) is 0 Å². The molecule has 2 N–H and O–H groups in total. The van der Waals surface area contributed by atoms with Crippen LogP contribution in [0, 0.1) is 4.91 Å². The van der Waals surface area contributed by atoms with E-state index in [9.17, 15) is 4.91 Å². The van der Waals surface area contributed by atoms with E-state index >= 15 is 0 Å². The topological polar surface area (TPSA) is 58.7 Å². The molecule has 0 aliphatic carbocycles. The van der Waals surface area contributed by atoms with Crippen molar-refractivity contribution in [1.29, 1.82) is 0 Å². The summed E-state index contributed by atoms with van der Waals surface area (Å²) in [4.78, 5) is 13.1. The summed E-state index contributed by atoms with van der Waals surface area (Å²) in [7, 11) is -1.22. The highest BCUT2D eigenvalue weighted by Gasteiger charge is 2.26. The highest BCUT2D eigenvalue weighted by molar-refractivity contribution is 8.32. The minimum Gasteiger partial charge on any atom is -0.370 e. The van der Waals surface area contributed by atoms with Crippen LogP contribution < -0.4 is 10.6 Å². The van der Waals surface area contributed by atoms with Gasteiger partial charge in [0.05, 0.1) is 0 Å². The van der Waals surface area contributed by atoms with Crippen LogP contribution in [0.15, 0.2) is 28.8 Å². The zero-order valence-electron chi connectivity index (χ0n) is 10.1. The molecule has 1 aromatic carbocycles. The zero-order valence-corrected chi connectivity index (χ0v) is 10.9. The summed E-state index contributed by atoms with van der Waals surface area (Å²) in [5.74, 6) is 1.82. The van der Waals surface area contributed by atoms with Gasteiger partial charge in [0.1, 0.15) is 0 Å². The maximum Gasteiger partial charge on any atom is 0.0366 e. The standard InChI is InChI=1S/C12H19N3OS/c1-17(14-16)8-6-15(7-9-17)12-4-2-11(10-13)3-5-12/h2-5H,6-10,13H2,1H3. The van der Waals surface area contributed by atoms with Gasteiger partial charge in [-0.25, -0.2) is 0 Å². The molecule has 0 atom stereocenters. The molecule has 1 fully saturated rings. The molecule has 94 valence electrons. The van der Waals surface area contributed by atoms with E-state index in [0.29, 0.717) is 6.54 Å². The van der Waals surface area contributed by atoms with E-state index in [-0.39, 0.29) is 0 Å². The molecule has 0 aromatic heterocycles. The molecule has 0 amide bonds.